The van der Waals surface area contributed by atoms with Gasteiger partial charge in [0.15, 0.2) is 11.5 Å². The Kier molecular flexibility index (Phi) is 9.20. The van der Waals surface area contributed by atoms with Gasteiger partial charge < -0.3 is 14.2 Å². The van der Waals surface area contributed by atoms with E-state index in [1.54, 1.807) is 43.3 Å². The van der Waals surface area contributed by atoms with E-state index in [0.29, 0.717) is 29.0 Å². The molecule has 196 valence electrons. The normalized spacial score (nSPS) is 11.2. The number of sulfonamides is 1. The van der Waals surface area contributed by atoms with Crippen LogP contribution < -0.4 is 9.47 Å². The van der Waals surface area contributed by atoms with Crippen LogP contribution in [0.3, 0.4) is 0 Å². The molecule has 0 unspecified atom stereocenters. The summed E-state index contributed by atoms with van der Waals surface area (Å²) in [4.78, 5) is 22.3. The van der Waals surface area contributed by atoms with E-state index >= 15 is 0 Å². The average Bonchev–Trinajstić information content (AvgIpc) is 2.91. The van der Waals surface area contributed by atoms with Crippen molar-refractivity contribution in [2.75, 3.05) is 27.4 Å². The highest BCUT2D eigenvalue weighted by Crippen LogP contribution is 2.28. The molecular weight excluding hydrogens is 500 g/mol. The number of benzene rings is 3. The maximum Gasteiger partial charge on any atom is 0.338 e. The Morgan fingerprint density at radius 1 is 0.919 bits per heavy atom. The smallest absolute Gasteiger partial charge is 0.338 e. The van der Waals surface area contributed by atoms with Gasteiger partial charge in [0.1, 0.15) is 0 Å². The second kappa shape index (κ2) is 12.3. The molecule has 0 radical (unpaired) electrons. The quantitative estimate of drug-likeness (QED) is 0.194. The SMILES string of the molecule is CCOC(=O)c1ccc(CN(CCc2ccc(OC)c(OC)c2)S(=O)(=O)c2ccc([N+](=O)[O-])cc2)cc1. The highest BCUT2D eigenvalue weighted by Gasteiger charge is 2.25. The molecule has 0 saturated carbocycles. The summed E-state index contributed by atoms with van der Waals surface area (Å²) in [6.07, 6.45) is 0.369. The van der Waals surface area contributed by atoms with E-state index in [0.717, 1.165) is 17.7 Å². The van der Waals surface area contributed by atoms with Gasteiger partial charge in [0.2, 0.25) is 10.0 Å². The number of hydrogen-bond donors (Lipinski definition) is 0. The van der Waals surface area contributed by atoms with Gasteiger partial charge in [0.05, 0.1) is 36.2 Å². The zero-order valence-corrected chi connectivity index (χ0v) is 21.6. The summed E-state index contributed by atoms with van der Waals surface area (Å²) in [5.74, 6) is 0.625. The lowest BCUT2D eigenvalue weighted by atomic mass is 10.1. The van der Waals surface area contributed by atoms with Gasteiger partial charge in [-0.2, -0.15) is 4.31 Å². The maximum atomic E-state index is 13.6. The molecule has 0 aliphatic rings. The Morgan fingerprint density at radius 3 is 2.11 bits per heavy atom. The molecule has 37 heavy (non-hydrogen) atoms. The van der Waals surface area contributed by atoms with Crippen molar-refractivity contribution in [3.8, 4) is 11.5 Å². The van der Waals surface area contributed by atoms with Crippen molar-refractivity contribution in [1.82, 2.24) is 4.31 Å². The zero-order chi connectivity index (χ0) is 27.0. The Bertz CT molecular complexity index is 1340. The topological polar surface area (TPSA) is 125 Å². The number of carbonyl (C=O) groups excluding carboxylic acids is 1. The van der Waals surface area contributed by atoms with Crippen molar-refractivity contribution in [2.45, 2.75) is 24.8 Å². The summed E-state index contributed by atoms with van der Waals surface area (Å²) in [5, 5.41) is 11.0. The molecule has 10 nitrogen and oxygen atoms in total. The predicted molar refractivity (Wildman–Crippen MR) is 136 cm³/mol. The fraction of sp³-hybridized carbons (Fsp3) is 0.269. The van der Waals surface area contributed by atoms with Gasteiger partial charge in [-0.15, -0.1) is 0 Å². The van der Waals surface area contributed by atoms with Crippen molar-refractivity contribution in [2.24, 2.45) is 0 Å². The number of hydrogen-bond acceptors (Lipinski definition) is 8. The minimum absolute atomic E-state index is 0.0235. The van der Waals surface area contributed by atoms with Crippen molar-refractivity contribution >= 4 is 21.7 Å². The minimum atomic E-state index is -4.01. The number of ether oxygens (including phenoxy) is 3. The fourth-order valence-corrected chi connectivity index (χ4v) is 5.06. The largest absolute Gasteiger partial charge is 0.493 e. The zero-order valence-electron chi connectivity index (χ0n) is 20.7. The third-order valence-electron chi connectivity index (χ3n) is 5.61. The fourth-order valence-electron chi connectivity index (χ4n) is 3.63. The summed E-state index contributed by atoms with van der Waals surface area (Å²) in [7, 11) is -0.961. The highest BCUT2D eigenvalue weighted by atomic mass is 32.2. The highest BCUT2D eigenvalue weighted by molar-refractivity contribution is 7.89. The summed E-state index contributed by atoms with van der Waals surface area (Å²) in [6.45, 7) is 2.10. The molecule has 0 fully saturated rings. The number of carbonyl (C=O) groups is 1. The molecule has 0 atom stereocenters. The van der Waals surface area contributed by atoms with Crippen LogP contribution in [0.4, 0.5) is 5.69 Å². The van der Waals surface area contributed by atoms with Crippen LogP contribution in [0.15, 0.2) is 71.6 Å². The lowest BCUT2D eigenvalue weighted by Gasteiger charge is -2.23. The standard InChI is InChI=1S/C26H28N2O8S/c1-4-36-26(29)21-8-5-20(6-9-21)18-27(16-15-19-7-14-24(34-2)25(17-19)35-3)37(32,33)23-12-10-22(11-13-23)28(30)31/h5-14,17H,4,15-16,18H2,1-3H3. The number of non-ortho nitro benzene ring substituents is 1. The van der Waals surface area contributed by atoms with Crippen LogP contribution in [-0.4, -0.2) is 51.0 Å². The Morgan fingerprint density at radius 2 is 1.54 bits per heavy atom. The van der Waals surface area contributed by atoms with E-state index in [-0.39, 0.29) is 30.3 Å². The molecular formula is C26H28N2O8S. The first kappa shape index (κ1) is 27.6. The maximum absolute atomic E-state index is 13.6. The first-order valence-corrected chi connectivity index (χ1v) is 12.8. The summed E-state index contributed by atoms with van der Waals surface area (Å²) < 4.78 is 44.0. The van der Waals surface area contributed by atoms with Gasteiger partial charge in [-0.3, -0.25) is 10.1 Å². The van der Waals surface area contributed by atoms with Crippen LogP contribution in [0.1, 0.15) is 28.4 Å². The second-order valence-electron chi connectivity index (χ2n) is 7.95. The number of rotatable bonds is 12. The van der Waals surface area contributed by atoms with E-state index in [1.165, 1.54) is 30.7 Å². The first-order chi connectivity index (χ1) is 17.7. The van der Waals surface area contributed by atoms with Gasteiger partial charge in [-0.05, 0) is 60.9 Å². The van der Waals surface area contributed by atoms with E-state index in [4.69, 9.17) is 14.2 Å². The number of esters is 1. The van der Waals surface area contributed by atoms with Crippen LogP contribution in [-0.2, 0) is 27.7 Å². The molecule has 11 heteroatoms. The molecule has 0 aromatic heterocycles. The Balaban J connectivity index is 1.90. The first-order valence-electron chi connectivity index (χ1n) is 11.4. The monoisotopic (exact) mass is 528 g/mol. The molecule has 0 aliphatic carbocycles. The molecule has 3 aromatic carbocycles. The Labute approximate surface area is 215 Å². The van der Waals surface area contributed by atoms with Crippen LogP contribution in [0.5, 0.6) is 11.5 Å². The molecule has 0 aliphatic heterocycles. The molecule has 0 spiro atoms. The van der Waals surface area contributed by atoms with Gasteiger partial charge in [0, 0.05) is 25.2 Å². The van der Waals surface area contributed by atoms with E-state index in [2.05, 4.69) is 0 Å². The molecule has 0 N–H and O–H groups in total. The van der Waals surface area contributed by atoms with Gasteiger partial charge >= 0.3 is 5.97 Å². The van der Waals surface area contributed by atoms with E-state index in [1.807, 2.05) is 6.07 Å². The minimum Gasteiger partial charge on any atom is -0.493 e. The predicted octanol–water partition coefficient (Wildman–Crippen LogP) is 4.22. The molecule has 0 bridgehead atoms. The van der Waals surface area contributed by atoms with Crippen molar-refractivity contribution < 1.29 is 32.3 Å². The third kappa shape index (κ3) is 6.83. The van der Waals surface area contributed by atoms with Crippen LogP contribution >= 0.6 is 0 Å². The third-order valence-corrected chi connectivity index (χ3v) is 7.47. The average molecular weight is 529 g/mol. The number of nitro groups is 1. The van der Waals surface area contributed by atoms with E-state index < -0.39 is 20.9 Å². The molecule has 0 heterocycles. The van der Waals surface area contributed by atoms with E-state index in [9.17, 15) is 23.3 Å². The second-order valence-corrected chi connectivity index (χ2v) is 9.88. The summed E-state index contributed by atoms with van der Waals surface area (Å²) in [5.41, 5.74) is 1.65. The van der Waals surface area contributed by atoms with Crippen molar-refractivity contribution in [1.29, 1.82) is 0 Å². The van der Waals surface area contributed by atoms with Crippen LogP contribution in [0.2, 0.25) is 0 Å². The van der Waals surface area contributed by atoms with Crippen LogP contribution in [0, 0.1) is 10.1 Å². The number of methoxy groups -OCH3 is 2. The van der Waals surface area contributed by atoms with Crippen molar-refractivity contribution in [3.05, 3.63) is 93.5 Å². The van der Waals surface area contributed by atoms with Gasteiger partial charge in [-0.25, -0.2) is 13.2 Å². The molecule has 0 saturated heterocycles. The summed E-state index contributed by atoms with van der Waals surface area (Å²) in [6, 6.07) is 16.6. The number of nitro benzene ring substituents is 1. The molecule has 0 amide bonds. The van der Waals surface area contributed by atoms with Crippen LogP contribution in [0.25, 0.3) is 0 Å². The number of nitrogens with zero attached hydrogens (tertiary/aromatic N) is 2. The lowest BCUT2D eigenvalue weighted by Crippen LogP contribution is -2.32. The lowest BCUT2D eigenvalue weighted by molar-refractivity contribution is -0.384. The van der Waals surface area contributed by atoms with Gasteiger partial charge in [-0.1, -0.05) is 18.2 Å². The van der Waals surface area contributed by atoms with Crippen molar-refractivity contribution in [3.63, 3.8) is 0 Å². The van der Waals surface area contributed by atoms with Gasteiger partial charge in [0.25, 0.3) is 5.69 Å². The molecule has 3 rings (SSSR count). The summed E-state index contributed by atoms with van der Waals surface area (Å²) >= 11 is 0. The molecule has 3 aromatic rings. The Hall–Kier alpha value is -3.96.